The van der Waals surface area contributed by atoms with Gasteiger partial charge in [0.25, 0.3) is 0 Å². The molecule has 0 aromatic carbocycles. The molecule has 17 heavy (non-hydrogen) atoms. The Bertz CT molecular complexity index is 546. The molecule has 2 aromatic rings. The Kier molecular flexibility index (Phi) is 3.25. The molecule has 1 aliphatic carbocycles. The van der Waals surface area contributed by atoms with Crippen LogP contribution in [-0.4, -0.2) is 14.5 Å². The third kappa shape index (κ3) is 2.05. The zero-order chi connectivity index (χ0) is 11.8. The molecule has 0 unspecified atom stereocenters. The summed E-state index contributed by atoms with van der Waals surface area (Å²) in [6.45, 7) is 0. The van der Waals surface area contributed by atoms with Crippen LogP contribution >= 0.6 is 34.2 Å². The van der Waals surface area contributed by atoms with Crippen molar-refractivity contribution in [3.8, 4) is 0 Å². The fourth-order valence-corrected chi connectivity index (χ4v) is 3.83. The molecule has 0 saturated heterocycles. The predicted octanol–water partition coefficient (Wildman–Crippen LogP) is 4.19. The minimum Gasteiger partial charge on any atom is -0.328 e. The molecule has 0 bridgehead atoms. The smallest absolute Gasteiger partial charge is 0.146 e. The average Bonchev–Trinajstić information content (AvgIpc) is 2.69. The Balaban J connectivity index is 2.13. The Morgan fingerprint density at radius 3 is 2.76 bits per heavy atom. The lowest BCUT2D eigenvalue weighted by Crippen LogP contribution is -2.12. The zero-order valence-corrected chi connectivity index (χ0v) is 12.3. The van der Waals surface area contributed by atoms with Crippen LogP contribution in [0.25, 0.3) is 11.0 Å². The summed E-state index contributed by atoms with van der Waals surface area (Å²) in [7, 11) is 0. The van der Waals surface area contributed by atoms with E-state index in [0.717, 1.165) is 14.6 Å². The summed E-state index contributed by atoms with van der Waals surface area (Å²) in [6, 6.07) is 0.584. The van der Waals surface area contributed by atoms with Gasteiger partial charge in [-0.2, -0.15) is 0 Å². The number of rotatable bonds is 1. The summed E-state index contributed by atoms with van der Waals surface area (Å²) in [5.41, 5.74) is 0.987. The molecule has 0 aliphatic heterocycles. The first kappa shape index (κ1) is 11.7. The molecular weight excluding hydrogens is 349 g/mol. The van der Waals surface area contributed by atoms with E-state index in [4.69, 9.17) is 11.6 Å². The van der Waals surface area contributed by atoms with Gasteiger partial charge in [-0.05, 0) is 35.4 Å². The second-order valence-corrected chi connectivity index (χ2v) is 6.06. The highest BCUT2D eigenvalue weighted by atomic mass is 127. The fourth-order valence-electron chi connectivity index (χ4n) is 2.64. The first-order valence-electron chi connectivity index (χ1n) is 5.94. The summed E-state index contributed by atoms with van der Waals surface area (Å²) in [5.74, 6) is 0. The molecule has 0 amide bonds. The van der Waals surface area contributed by atoms with Gasteiger partial charge in [0.1, 0.15) is 17.1 Å². The van der Waals surface area contributed by atoms with Gasteiger partial charge in [-0.15, -0.1) is 0 Å². The van der Waals surface area contributed by atoms with Crippen molar-refractivity contribution in [2.24, 2.45) is 0 Å². The topological polar surface area (TPSA) is 30.7 Å². The highest BCUT2D eigenvalue weighted by molar-refractivity contribution is 14.1. The Hall–Kier alpha value is -0.360. The van der Waals surface area contributed by atoms with E-state index < -0.39 is 0 Å². The van der Waals surface area contributed by atoms with Gasteiger partial charge in [0.15, 0.2) is 0 Å². The average molecular weight is 362 g/mol. The number of nitrogens with zero attached hydrogens (tertiary/aromatic N) is 3. The maximum Gasteiger partial charge on any atom is 0.146 e. The standard InChI is InChI=1S/C12H13ClIN3/c13-11-10-9(14)6-17(12(10)16-7-15-11)8-4-2-1-3-5-8/h6-8H,1-5H2. The summed E-state index contributed by atoms with van der Waals surface area (Å²) in [5, 5.41) is 1.56. The molecule has 2 aromatic heterocycles. The van der Waals surface area contributed by atoms with Crippen LogP contribution in [0.3, 0.4) is 0 Å². The molecule has 3 rings (SSSR count). The van der Waals surface area contributed by atoms with E-state index in [1.165, 1.54) is 32.1 Å². The van der Waals surface area contributed by atoms with E-state index in [-0.39, 0.29) is 0 Å². The van der Waals surface area contributed by atoms with Crippen molar-refractivity contribution in [1.29, 1.82) is 0 Å². The number of fused-ring (bicyclic) bond motifs is 1. The van der Waals surface area contributed by atoms with Crippen LogP contribution < -0.4 is 0 Å². The summed E-state index contributed by atoms with van der Waals surface area (Å²) in [4.78, 5) is 8.46. The zero-order valence-electron chi connectivity index (χ0n) is 9.37. The second-order valence-electron chi connectivity index (χ2n) is 4.54. The summed E-state index contributed by atoms with van der Waals surface area (Å²) >= 11 is 8.46. The van der Waals surface area contributed by atoms with Gasteiger partial charge in [0.2, 0.25) is 0 Å². The Morgan fingerprint density at radius 1 is 1.24 bits per heavy atom. The fraction of sp³-hybridized carbons (Fsp3) is 0.500. The summed E-state index contributed by atoms with van der Waals surface area (Å²) < 4.78 is 3.44. The molecule has 0 radical (unpaired) electrons. The van der Waals surface area contributed by atoms with E-state index in [9.17, 15) is 0 Å². The van der Waals surface area contributed by atoms with Gasteiger partial charge < -0.3 is 4.57 Å². The molecule has 1 saturated carbocycles. The number of hydrogen-bond acceptors (Lipinski definition) is 2. The Labute approximate surface area is 119 Å². The molecule has 2 heterocycles. The molecule has 0 spiro atoms. The molecule has 90 valence electrons. The van der Waals surface area contributed by atoms with Crippen LogP contribution in [0.5, 0.6) is 0 Å². The van der Waals surface area contributed by atoms with Crippen LogP contribution in [-0.2, 0) is 0 Å². The molecule has 0 N–H and O–H groups in total. The normalized spacial score (nSPS) is 17.8. The van der Waals surface area contributed by atoms with Gasteiger partial charge in [0.05, 0.1) is 5.39 Å². The molecule has 0 atom stereocenters. The minimum absolute atomic E-state index is 0.564. The number of aromatic nitrogens is 3. The van der Waals surface area contributed by atoms with Crippen molar-refractivity contribution in [3.63, 3.8) is 0 Å². The number of hydrogen-bond donors (Lipinski definition) is 0. The maximum absolute atomic E-state index is 6.15. The second kappa shape index (κ2) is 4.72. The van der Waals surface area contributed by atoms with Crippen LogP contribution in [0.4, 0.5) is 0 Å². The third-order valence-corrected chi connectivity index (χ3v) is 4.59. The molecular formula is C12H13ClIN3. The largest absolute Gasteiger partial charge is 0.328 e. The van der Waals surface area contributed by atoms with Gasteiger partial charge >= 0.3 is 0 Å². The van der Waals surface area contributed by atoms with Crippen molar-refractivity contribution >= 4 is 45.2 Å². The lowest BCUT2D eigenvalue weighted by Gasteiger charge is -2.23. The lowest BCUT2D eigenvalue weighted by atomic mass is 9.95. The Morgan fingerprint density at radius 2 is 2.00 bits per heavy atom. The van der Waals surface area contributed by atoms with E-state index in [0.29, 0.717) is 11.2 Å². The van der Waals surface area contributed by atoms with Crippen molar-refractivity contribution in [1.82, 2.24) is 14.5 Å². The SMILES string of the molecule is Clc1ncnc2c1c(I)cn2C1CCCCC1. The van der Waals surface area contributed by atoms with Gasteiger partial charge in [-0.3, -0.25) is 0 Å². The first-order chi connectivity index (χ1) is 8.27. The van der Waals surface area contributed by atoms with Crippen LogP contribution in [0.15, 0.2) is 12.5 Å². The third-order valence-electron chi connectivity index (χ3n) is 3.48. The predicted molar refractivity (Wildman–Crippen MR) is 77.4 cm³/mol. The number of halogens is 2. The van der Waals surface area contributed by atoms with Crippen molar-refractivity contribution < 1.29 is 0 Å². The van der Waals surface area contributed by atoms with Crippen LogP contribution in [0.1, 0.15) is 38.1 Å². The first-order valence-corrected chi connectivity index (χ1v) is 7.39. The van der Waals surface area contributed by atoms with Crippen molar-refractivity contribution in [2.45, 2.75) is 38.1 Å². The van der Waals surface area contributed by atoms with E-state index in [1.807, 2.05) is 0 Å². The van der Waals surface area contributed by atoms with Crippen LogP contribution in [0.2, 0.25) is 5.15 Å². The van der Waals surface area contributed by atoms with Gasteiger partial charge in [-0.25, -0.2) is 9.97 Å². The van der Waals surface area contributed by atoms with Crippen molar-refractivity contribution in [3.05, 3.63) is 21.2 Å². The lowest BCUT2D eigenvalue weighted by molar-refractivity contribution is 0.359. The highest BCUT2D eigenvalue weighted by Crippen LogP contribution is 2.34. The molecule has 5 heteroatoms. The van der Waals surface area contributed by atoms with Gasteiger partial charge in [-0.1, -0.05) is 30.9 Å². The summed E-state index contributed by atoms with van der Waals surface area (Å²) in [6.07, 6.45) is 10.2. The van der Waals surface area contributed by atoms with Gasteiger partial charge in [0, 0.05) is 15.8 Å². The monoisotopic (exact) mass is 361 g/mol. The molecule has 1 aliphatic rings. The maximum atomic E-state index is 6.15. The quantitative estimate of drug-likeness (QED) is 0.563. The van der Waals surface area contributed by atoms with E-state index in [1.54, 1.807) is 6.33 Å². The molecule has 1 fully saturated rings. The minimum atomic E-state index is 0.564. The van der Waals surface area contributed by atoms with E-state index in [2.05, 4.69) is 43.3 Å². The molecule has 3 nitrogen and oxygen atoms in total. The van der Waals surface area contributed by atoms with E-state index >= 15 is 0 Å². The highest BCUT2D eigenvalue weighted by Gasteiger charge is 2.20. The van der Waals surface area contributed by atoms with Crippen LogP contribution in [0, 0.1) is 3.57 Å². The van der Waals surface area contributed by atoms with Crippen molar-refractivity contribution in [2.75, 3.05) is 0 Å².